The molecule has 0 unspecified atom stereocenters. The van der Waals surface area contributed by atoms with Gasteiger partial charge in [-0.3, -0.25) is 14.2 Å². The molecule has 9 nitrogen and oxygen atoms in total. The summed E-state index contributed by atoms with van der Waals surface area (Å²) in [7, 11) is 0. The molecule has 198 valence electrons. The van der Waals surface area contributed by atoms with Gasteiger partial charge in [-0.05, 0) is 58.5 Å². The highest BCUT2D eigenvalue weighted by Gasteiger charge is 2.31. The highest BCUT2D eigenvalue weighted by molar-refractivity contribution is 6.05. The lowest BCUT2D eigenvalue weighted by Gasteiger charge is -2.40. The normalized spacial score (nSPS) is 18.5. The number of imidazole rings is 1. The van der Waals surface area contributed by atoms with Gasteiger partial charge in [0.1, 0.15) is 17.3 Å². The van der Waals surface area contributed by atoms with Crippen molar-refractivity contribution in [3.05, 3.63) is 71.3 Å². The molecule has 3 aromatic heterocycles. The highest BCUT2D eigenvalue weighted by Crippen LogP contribution is 2.33. The third kappa shape index (κ3) is 4.91. The third-order valence-corrected chi connectivity index (χ3v) is 7.39. The minimum absolute atomic E-state index is 0.205. The van der Waals surface area contributed by atoms with Gasteiger partial charge in [0.15, 0.2) is 0 Å². The van der Waals surface area contributed by atoms with E-state index in [2.05, 4.69) is 37.2 Å². The van der Waals surface area contributed by atoms with Gasteiger partial charge in [-0.25, -0.2) is 14.4 Å². The molecule has 38 heavy (non-hydrogen) atoms. The van der Waals surface area contributed by atoms with Crippen molar-refractivity contribution in [2.75, 3.05) is 18.4 Å². The Labute approximate surface area is 220 Å². The summed E-state index contributed by atoms with van der Waals surface area (Å²) in [5, 5.41) is 16.5. The minimum atomic E-state index is -0.719. The number of fused-ring (bicyclic) bond motifs is 2. The van der Waals surface area contributed by atoms with Crippen LogP contribution in [0.3, 0.4) is 0 Å². The standard InChI is InChI=1S/C28H32FN7O2/c1-17(35-10-5-6-18(16-35)28(2,3)38)7-8-23(30-4)34-21-14-32-26(20-13-33-27(37)25(20)21)22-15-31-24-12-19(29)9-11-36(22)24/h7-9,11-12,14-15,18,34,38H,4-6,10,13,16H2,1-3H3,(H,33,37)/b17-7+,23-8+/t18-/m1/s1. The van der Waals surface area contributed by atoms with Gasteiger partial charge in [-0.2, -0.15) is 0 Å². The molecule has 3 N–H and O–H groups in total. The fourth-order valence-electron chi connectivity index (χ4n) is 5.14. The summed E-state index contributed by atoms with van der Waals surface area (Å²) in [5.74, 6) is 0.0904. The smallest absolute Gasteiger partial charge is 0.254 e. The van der Waals surface area contributed by atoms with Crippen molar-refractivity contribution < 1.29 is 14.3 Å². The van der Waals surface area contributed by atoms with Crippen molar-refractivity contribution in [3.8, 4) is 11.4 Å². The molecule has 1 saturated heterocycles. The minimum Gasteiger partial charge on any atom is -0.390 e. The number of hydrogen-bond acceptors (Lipinski definition) is 7. The van der Waals surface area contributed by atoms with E-state index in [9.17, 15) is 14.3 Å². The number of pyridine rings is 2. The van der Waals surface area contributed by atoms with E-state index >= 15 is 0 Å². The second kappa shape index (κ2) is 10.0. The fraction of sp³-hybridized carbons (Fsp3) is 0.357. The molecule has 0 bridgehead atoms. The van der Waals surface area contributed by atoms with E-state index < -0.39 is 5.60 Å². The van der Waals surface area contributed by atoms with Crippen molar-refractivity contribution in [3.63, 3.8) is 0 Å². The van der Waals surface area contributed by atoms with Crippen LogP contribution in [-0.2, 0) is 6.54 Å². The molecular weight excluding hydrogens is 485 g/mol. The molecule has 0 aromatic carbocycles. The lowest BCUT2D eigenvalue weighted by Crippen LogP contribution is -2.43. The van der Waals surface area contributed by atoms with Crippen molar-refractivity contribution in [2.24, 2.45) is 10.9 Å². The molecule has 0 radical (unpaired) electrons. The predicted molar refractivity (Wildman–Crippen MR) is 145 cm³/mol. The van der Waals surface area contributed by atoms with Crippen LogP contribution < -0.4 is 10.6 Å². The molecule has 5 rings (SSSR count). The van der Waals surface area contributed by atoms with Crippen LogP contribution in [0.5, 0.6) is 0 Å². The van der Waals surface area contributed by atoms with Crippen LogP contribution in [-0.4, -0.2) is 55.7 Å². The molecule has 3 aromatic rings. The Bertz CT molecular complexity index is 1470. The fourth-order valence-corrected chi connectivity index (χ4v) is 5.14. The van der Waals surface area contributed by atoms with Crippen LogP contribution in [0.4, 0.5) is 10.1 Å². The van der Waals surface area contributed by atoms with Crippen molar-refractivity contribution in [1.29, 1.82) is 0 Å². The molecular formula is C28H32FN7O2. The summed E-state index contributed by atoms with van der Waals surface area (Å²) < 4.78 is 15.4. The predicted octanol–water partition coefficient (Wildman–Crippen LogP) is 4.12. The van der Waals surface area contributed by atoms with E-state index in [1.165, 1.54) is 12.1 Å². The van der Waals surface area contributed by atoms with Crippen LogP contribution in [0.25, 0.3) is 17.0 Å². The van der Waals surface area contributed by atoms with E-state index in [0.29, 0.717) is 40.7 Å². The average Bonchev–Trinajstić information content (AvgIpc) is 3.49. The molecule has 1 atom stereocenters. The van der Waals surface area contributed by atoms with E-state index in [4.69, 9.17) is 0 Å². The number of carbonyl (C=O) groups excluding carboxylic acids is 1. The summed E-state index contributed by atoms with van der Waals surface area (Å²) in [6, 6.07) is 2.70. The van der Waals surface area contributed by atoms with Gasteiger partial charge in [-0.15, -0.1) is 0 Å². The molecule has 0 saturated carbocycles. The third-order valence-electron chi connectivity index (χ3n) is 7.39. The first kappa shape index (κ1) is 25.6. The zero-order valence-electron chi connectivity index (χ0n) is 21.8. The summed E-state index contributed by atoms with van der Waals surface area (Å²) in [5.41, 5.74) is 3.79. The number of anilines is 1. The maximum absolute atomic E-state index is 13.6. The van der Waals surface area contributed by atoms with Gasteiger partial charge in [0, 0.05) is 49.1 Å². The zero-order valence-corrected chi connectivity index (χ0v) is 21.8. The van der Waals surface area contributed by atoms with Crippen molar-refractivity contribution >= 4 is 24.0 Å². The first-order valence-corrected chi connectivity index (χ1v) is 12.7. The number of nitrogens with one attached hydrogen (secondary N) is 2. The zero-order chi connectivity index (χ0) is 27.0. The Kier molecular flexibility index (Phi) is 6.75. The highest BCUT2D eigenvalue weighted by atomic mass is 19.1. The summed E-state index contributed by atoms with van der Waals surface area (Å²) in [4.78, 5) is 28.1. The second-order valence-electron chi connectivity index (χ2n) is 10.4. The summed E-state index contributed by atoms with van der Waals surface area (Å²) >= 11 is 0. The summed E-state index contributed by atoms with van der Waals surface area (Å²) in [6.45, 7) is 11.5. The van der Waals surface area contributed by atoms with Gasteiger partial charge in [0.25, 0.3) is 5.91 Å². The van der Waals surface area contributed by atoms with Crippen molar-refractivity contribution in [1.82, 2.24) is 24.6 Å². The summed E-state index contributed by atoms with van der Waals surface area (Å²) in [6.07, 6.45) is 10.6. The van der Waals surface area contributed by atoms with Crippen molar-refractivity contribution in [2.45, 2.75) is 45.8 Å². The van der Waals surface area contributed by atoms with Crippen LogP contribution >= 0.6 is 0 Å². The number of carbonyl (C=O) groups is 1. The molecule has 10 heteroatoms. The van der Waals surface area contributed by atoms with Crippen LogP contribution in [0.1, 0.15) is 49.5 Å². The van der Waals surface area contributed by atoms with E-state index in [-0.39, 0.29) is 17.6 Å². The van der Waals surface area contributed by atoms with E-state index in [1.54, 1.807) is 23.0 Å². The molecule has 1 fully saturated rings. The number of aliphatic hydroxyl groups is 1. The first-order chi connectivity index (χ1) is 18.2. The average molecular weight is 518 g/mol. The number of halogens is 1. The number of aliphatic imine (C=N–C) groups is 1. The quantitative estimate of drug-likeness (QED) is 0.322. The van der Waals surface area contributed by atoms with Crippen LogP contribution in [0.2, 0.25) is 0 Å². The first-order valence-electron chi connectivity index (χ1n) is 12.7. The lowest BCUT2D eigenvalue weighted by molar-refractivity contribution is -0.0120. The van der Waals surface area contributed by atoms with Gasteiger partial charge < -0.3 is 20.6 Å². The molecule has 0 spiro atoms. The molecule has 1 amide bonds. The second-order valence-corrected chi connectivity index (χ2v) is 10.4. The number of likely N-dealkylation sites (tertiary alicyclic amines) is 1. The molecule has 2 aliphatic heterocycles. The van der Waals surface area contributed by atoms with E-state index in [1.807, 2.05) is 32.9 Å². The molecule has 5 heterocycles. The lowest BCUT2D eigenvalue weighted by atomic mass is 9.84. The largest absolute Gasteiger partial charge is 0.390 e. The number of allylic oxidation sites excluding steroid dienone is 3. The van der Waals surface area contributed by atoms with Gasteiger partial charge in [-0.1, -0.05) is 0 Å². The van der Waals surface area contributed by atoms with E-state index in [0.717, 1.165) is 37.2 Å². The Hall–Kier alpha value is -4.05. The van der Waals surface area contributed by atoms with Gasteiger partial charge in [0.05, 0.1) is 40.6 Å². The number of rotatable bonds is 7. The maximum atomic E-state index is 13.6. The number of aromatic nitrogens is 3. The topological polar surface area (TPSA) is 107 Å². The Balaban J connectivity index is 1.42. The van der Waals surface area contributed by atoms with Crippen LogP contribution in [0.15, 0.2) is 59.4 Å². The Morgan fingerprint density at radius 3 is 2.92 bits per heavy atom. The molecule has 2 aliphatic rings. The Morgan fingerprint density at radius 2 is 2.16 bits per heavy atom. The maximum Gasteiger partial charge on any atom is 0.254 e. The SMILES string of the molecule is C=N/C(=C\C=C(/C)N1CCC[C@@H](C(C)(C)O)C1)Nc1cnc(-c2cnc3cc(F)ccn23)c2c1C(=O)NC2. The molecule has 0 aliphatic carbocycles. The number of piperidine rings is 1. The number of nitrogens with zero attached hydrogens (tertiary/aromatic N) is 5. The number of hydrogen-bond donors (Lipinski definition) is 3. The van der Waals surface area contributed by atoms with Gasteiger partial charge >= 0.3 is 0 Å². The Morgan fingerprint density at radius 1 is 1.34 bits per heavy atom. The monoisotopic (exact) mass is 517 g/mol. The van der Waals surface area contributed by atoms with Gasteiger partial charge in [0.2, 0.25) is 0 Å². The van der Waals surface area contributed by atoms with Crippen LogP contribution in [0, 0.1) is 11.7 Å². The number of amides is 1.